The first kappa shape index (κ1) is 33.0. The third kappa shape index (κ3) is 6.09. The van der Waals surface area contributed by atoms with Crippen LogP contribution < -0.4 is 15.0 Å². The van der Waals surface area contributed by atoms with Crippen molar-refractivity contribution in [3.8, 4) is 5.75 Å². The predicted octanol–water partition coefficient (Wildman–Crippen LogP) is 2.78. The number of alkyl halides is 2. The monoisotopic (exact) mass is 661 g/mol. The van der Waals surface area contributed by atoms with Crippen LogP contribution >= 0.6 is 7.60 Å². The summed E-state index contributed by atoms with van der Waals surface area (Å²) in [6.07, 6.45) is 1.33. The number of nitrogens with one attached hydrogen (secondary N) is 2. The van der Waals surface area contributed by atoms with E-state index < -0.39 is 42.7 Å². The van der Waals surface area contributed by atoms with E-state index in [1.165, 1.54) is 34.8 Å². The molecule has 0 spiro atoms. The van der Waals surface area contributed by atoms with Gasteiger partial charge in [0.2, 0.25) is 17.7 Å². The molecule has 16 heteroatoms. The Kier molecular flexibility index (Phi) is 8.95. The average Bonchev–Trinajstić information content (AvgIpc) is 3.64. The van der Waals surface area contributed by atoms with Crippen molar-refractivity contribution >= 4 is 47.8 Å². The molecular weight excluding hydrogens is 627 g/mol. The van der Waals surface area contributed by atoms with Crippen molar-refractivity contribution in [1.29, 1.82) is 0 Å². The Labute approximate surface area is 262 Å². The standard InChI is InChI=1S/C30H34F2N5O8P/c1-17(38)36-13-12-20-9-11-25(29(41)35(2)24-6-4-5-7-26(24)45-3)37(20)28(40)23(16-36)34-27(39)22-15-18-14-19(8-10-21(18)33-22)30(31,32)46(42,43)44/h4-8,10,14-15,20,23,25,33H,9,11-13,16H2,1-3H3,(H,34,39)(H2,42,43,44)/t20-,23?,25+/m1/s1. The van der Waals surface area contributed by atoms with E-state index in [2.05, 4.69) is 10.3 Å². The predicted molar refractivity (Wildman–Crippen MR) is 162 cm³/mol. The van der Waals surface area contributed by atoms with E-state index in [0.29, 0.717) is 37.2 Å². The first-order valence-corrected chi connectivity index (χ1v) is 16.1. The molecule has 46 heavy (non-hydrogen) atoms. The zero-order valence-electron chi connectivity index (χ0n) is 25.3. The summed E-state index contributed by atoms with van der Waals surface area (Å²) in [5, 5.41) is 2.72. The van der Waals surface area contributed by atoms with Gasteiger partial charge < -0.3 is 39.5 Å². The number of amides is 4. The first-order valence-electron chi connectivity index (χ1n) is 14.5. The maximum atomic E-state index is 14.3. The van der Waals surface area contributed by atoms with Crippen molar-refractivity contribution in [2.45, 2.75) is 50.0 Å². The van der Waals surface area contributed by atoms with Crippen molar-refractivity contribution in [2.24, 2.45) is 0 Å². The lowest BCUT2D eigenvalue weighted by Gasteiger charge is -2.39. The Balaban J connectivity index is 1.42. The van der Waals surface area contributed by atoms with Crippen LogP contribution in [-0.4, -0.2) is 93.6 Å². The quantitative estimate of drug-likeness (QED) is 0.280. The molecule has 246 valence electrons. The number of para-hydroxylation sites is 2. The van der Waals surface area contributed by atoms with Crippen LogP contribution in [0.1, 0.15) is 42.2 Å². The number of aromatic nitrogens is 1. The maximum Gasteiger partial charge on any atom is 0.399 e. The number of anilines is 1. The van der Waals surface area contributed by atoms with Crippen LogP contribution in [0.25, 0.3) is 10.9 Å². The molecular formula is C30H34F2N5O8P. The van der Waals surface area contributed by atoms with E-state index in [1.54, 1.807) is 31.3 Å². The summed E-state index contributed by atoms with van der Waals surface area (Å²) < 4.78 is 45.4. The van der Waals surface area contributed by atoms with Gasteiger partial charge in [-0.2, -0.15) is 8.78 Å². The molecule has 1 aromatic heterocycles. The number of likely N-dealkylation sites (N-methyl/N-ethyl adjacent to an activating group) is 1. The van der Waals surface area contributed by atoms with Crippen LogP contribution in [0.2, 0.25) is 0 Å². The molecule has 0 radical (unpaired) electrons. The normalized spacial score (nSPS) is 20.6. The Morgan fingerprint density at radius 2 is 1.83 bits per heavy atom. The van der Waals surface area contributed by atoms with Crippen molar-refractivity contribution in [3.63, 3.8) is 0 Å². The highest BCUT2D eigenvalue weighted by molar-refractivity contribution is 7.52. The summed E-state index contributed by atoms with van der Waals surface area (Å²) in [6.45, 7) is 1.49. The number of H-pyrrole nitrogens is 1. The van der Waals surface area contributed by atoms with Crippen LogP contribution in [0.5, 0.6) is 5.75 Å². The second-order valence-corrected chi connectivity index (χ2v) is 13.1. The van der Waals surface area contributed by atoms with Crippen molar-refractivity contribution in [3.05, 3.63) is 59.8 Å². The molecule has 2 fully saturated rings. The topological polar surface area (TPSA) is 173 Å². The van der Waals surface area contributed by atoms with E-state index in [0.717, 1.165) is 18.2 Å². The number of halogens is 2. The number of benzene rings is 2. The number of hydrogen-bond donors (Lipinski definition) is 4. The lowest BCUT2D eigenvalue weighted by atomic mass is 10.1. The Morgan fingerprint density at radius 3 is 2.50 bits per heavy atom. The minimum Gasteiger partial charge on any atom is -0.495 e. The van der Waals surface area contributed by atoms with E-state index in [1.807, 2.05) is 0 Å². The van der Waals surface area contributed by atoms with Gasteiger partial charge in [0.05, 0.1) is 12.8 Å². The highest BCUT2D eigenvalue weighted by atomic mass is 31.2. The van der Waals surface area contributed by atoms with E-state index in [-0.39, 0.29) is 41.0 Å². The van der Waals surface area contributed by atoms with E-state index >= 15 is 0 Å². The molecule has 2 saturated heterocycles. The van der Waals surface area contributed by atoms with Crippen LogP contribution in [0.15, 0.2) is 48.5 Å². The van der Waals surface area contributed by atoms with Crippen LogP contribution in [-0.2, 0) is 24.6 Å². The largest absolute Gasteiger partial charge is 0.495 e. The lowest BCUT2D eigenvalue weighted by molar-refractivity contribution is -0.144. The number of rotatable bonds is 7. The smallest absolute Gasteiger partial charge is 0.399 e. The molecule has 0 saturated carbocycles. The van der Waals surface area contributed by atoms with E-state index in [4.69, 9.17) is 14.5 Å². The van der Waals surface area contributed by atoms with Crippen LogP contribution in [0, 0.1) is 0 Å². The zero-order valence-corrected chi connectivity index (χ0v) is 26.2. The van der Waals surface area contributed by atoms with Gasteiger partial charge in [-0.3, -0.25) is 23.7 Å². The number of hydrogen-bond acceptors (Lipinski definition) is 6. The second kappa shape index (κ2) is 12.5. The number of methoxy groups -OCH3 is 1. The number of fused-ring (bicyclic) bond motifs is 2. The molecule has 13 nitrogen and oxygen atoms in total. The minimum atomic E-state index is -5.81. The highest BCUT2D eigenvalue weighted by Gasteiger charge is 2.50. The van der Waals surface area contributed by atoms with Gasteiger partial charge in [0.15, 0.2) is 0 Å². The molecule has 2 aliphatic heterocycles. The number of ether oxygens (including phenoxy) is 1. The summed E-state index contributed by atoms with van der Waals surface area (Å²) >= 11 is 0. The van der Waals surface area contributed by atoms with Crippen LogP contribution in [0.3, 0.4) is 0 Å². The summed E-state index contributed by atoms with van der Waals surface area (Å²) in [5.41, 5.74) is -4.74. The number of nitrogens with zero attached hydrogens (tertiary/aromatic N) is 3. The number of carbonyl (C=O) groups is 4. The second-order valence-electron chi connectivity index (χ2n) is 11.4. The summed E-state index contributed by atoms with van der Waals surface area (Å²) in [7, 11) is -2.73. The van der Waals surface area contributed by atoms with Gasteiger partial charge in [-0.25, -0.2) is 0 Å². The lowest BCUT2D eigenvalue weighted by Crippen LogP contribution is -2.61. The molecule has 4 amide bonds. The van der Waals surface area contributed by atoms with Crippen LogP contribution in [0.4, 0.5) is 14.5 Å². The minimum absolute atomic E-state index is 0.0785. The van der Waals surface area contributed by atoms with Crippen molar-refractivity contribution in [1.82, 2.24) is 20.1 Å². The molecule has 3 heterocycles. The molecule has 3 atom stereocenters. The summed E-state index contributed by atoms with van der Waals surface area (Å²) in [4.78, 5) is 79.2. The van der Waals surface area contributed by atoms with Gasteiger partial charge in [-0.05, 0) is 49.6 Å². The fourth-order valence-corrected chi connectivity index (χ4v) is 6.58. The maximum absolute atomic E-state index is 14.3. The van der Waals surface area contributed by atoms with Gasteiger partial charge in [-0.1, -0.05) is 18.2 Å². The third-order valence-electron chi connectivity index (χ3n) is 8.58. The summed E-state index contributed by atoms with van der Waals surface area (Å²) in [6, 6.07) is 8.61. The summed E-state index contributed by atoms with van der Waals surface area (Å²) in [5.74, 6) is -1.50. The Bertz CT molecular complexity index is 1740. The highest BCUT2D eigenvalue weighted by Crippen LogP contribution is 2.59. The molecule has 3 aromatic rings. The third-order valence-corrected chi connectivity index (χ3v) is 9.57. The fourth-order valence-electron chi connectivity index (χ4n) is 6.11. The molecule has 4 N–H and O–H groups in total. The molecule has 0 aliphatic carbocycles. The molecule has 1 unspecified atom stereocenters. The number of aromatic amines is 1. The van der Waals surface area contributed by atoms with Crippen molar-refractivity contribution in [2.75, 3.05) is 32.1 Å². The molecule has 2 aliphatic rings. The Hall–Kier alpha value is -4.33. The molecule has 0 bridgehead atoms. The average molecular weight is 662 g/mol. The van der Waals surface area contributed by atoms with Gasteiger partial charge in [0.1, 0.15) is 23.5 Å². The van der Waals surface area contributed by atoms with Gasteiger partial charge in [-0.15, -0.1) is 0 Å². The molecule has 2 aromatic carbocycles. The molecule has 5 rings (SSSR count). The Morgan fingerprint density at radius 1 is 1.11 bits per heavy atom. The zero-order chi connectivity index (χ0) is 33.6. The van der Waals surface area contributed by atoms with Crippen molar-refractivity contribution < 1.29 is 47.0 Å². The van der Waals surface area contributed by atoms with Gasteiger partial charge in [0.25, 0.3) is 5.91 Å². The van der Waals surface area contributed by atoms with Gasteiger partial charge in [0, 0.05) is 49.6 Å². The van der Waals surface area contributed by atoms with E-state index in [9.17, 15) is 32.5 Å². The fraction of sp³-hybridized carbons (Fsp3) is 0.400. The first-order chi connectivity index (χ1) is 21.6. The number of carbonyl (C=O) groups excluding carboxylic acids is 4. The SMILES string of the molecule is COc1ccccc1N(C)C(=O)[C@@H]1CC[C@@H]2CCN(C(C)=O)CC(NC(=O)c3cc4cc(C(F)(F)P(=O)(O)O)ccc4[nH]3)C(=O)N21. The van der Waals surface area contributed by atoms with Gasteiger partial charge >= 0.3 is 13.3 Å².